The molecule has 4 aromatic rings. The zero-order valence-corrected chi connectivity index (χ0v) is 11.4. The van der Waals surface area contributed by atoms with E-state index in [2.05, 4.69) is 78.8 Å². The molecule has 1 aromatic heterocycles. The molecule has 0 fully saturated rings. The van der Waals surface area contributed by atoms with Crippen LogP contribution in [0.15, 0.2) is 66.9 Å². The number of nitrogens with one attached hydrogen (secondary N) is 1. The van der Waals surface area contributed by atoms with E-state index in [1.165, 1.54) is 38.4 Å². The summed E-state index contributed by atoms with van der Waals surface area (Å²) in [6, 6.07) is 21.7. The average molecular weight is 257 g/mol. The minimum absolute atomic E-state index is 1.19. The van der Waals surface area contributed by atoms with E-state index in [0.717, 1.165) is 0 Å². The van der Waals surface area contributed by atoms with Gasteiger partial charge in [0.1, 0.15) is 0 Å². The third-order valence-electron chi connectivity index (χ3n) is 3.87. The summed E-state index contributed by atoms with van der Waals surface area (Å²) in [6.07, 6.45) is 2.06. The molecule has 0 aliphatic rings. The lowest BCUT2D eigenvalue weighted by Crippen LogP contribution is -1.85. The summed E-state index contributed by atoms with van der Waals surface area (Å²) in [4.78, 5) is 3.41. The second kappa shape index (κ2) is 4.24. The minimum Gasteiger partial charge on any atom is -0.361 e. The number of benzene rings is 3. The van der Waals surface area contributed by atoms with Gasteiger partial charge in [-0.15, -0.1) is 0 Å². The molecule has 1 heterocycles. The monoisotopic (exact) mass is 257 g/mol. The molecule has 96 valence electrons. The van der Waals surface area contributed by atoms with E-state index in [1.54, 1.807) is 0 Å². The van der Waals surface area contributed by atoms with Gasteiger partial charge in [0, 0.05) is 17.5 Å². The Labute approximate surface area is 117 Å². The van der Waals surface area contributed by atoms with Gasteiger partial charge in [-0.1, -0.05) is 48.5 Å². The van der Waals surface area contributed by atoms with Crippen LogP contribution in [0.3, 0.4) is 0 Å². The summed E-state index contributed by atoms with van der Waals surface area (Å²) in [7, 11) is 0. The van der Waals surface area contributed by atoms with Gasteiger partial charge in [-0.3, -0.25) is 0 Å². The molecule has 1 N–H and O–H groups in total. The van der Waals surface area contributed by atoms with Crippen molar-refractivity contribution in [3.8, 4) is 11.3 Å². The summed E-state index contributed by atoms with van der Waals surface area (Å²) >= 11 is 0. The Morgan fingerprint density at radius 3 is 1.90 bits per heavy atom. The molecule has 0 amide bonds. The fourth-order valence-corrected chi connectivity index (χ4v) is 2.95. The lowest BCUT2D eigenvalue weighted by atomic mass is 9.95. The smallest absolute Gasteiger partial charge is 0.0469 e. The maximum Gasteiger partial charge on any atom is 0.0469 e. The van der Waals surface area contributed by atoms with Crippen LogP contribution in [0.25, 0.3) is 32.8 Å². The van der Waals surface area contributed by atoms with E-state index in [9.17, 15) is 0 Å². The molecule has 4 rings (SSSR count). The van der Waals surface area contributed by atoms with E-state index >= 15 is 0 Å². The van der Waals surface area contributed by atoms with Crippen LogP contribution in [-0.4, -0.2) is 4.98 Å². The molecule has 0 saturated heterocycles. The van der Waals surface area contributed by atoms with Gasteiger partial charge >= 0.3 is 0 Å². The van der Waals surface area contributed by atoms with Gasteiger partial charge in [0.15, 0.2) is 0 Å². The highest BCUT2D eigenvalue weighted by Crippen LogP contribution is 2.35. The summed E-state index contributed by atoms with van der Waals surface area (Å²) in [5.74, 6) is 0. The van der Waals surface area contributed by atoms with Crippen molar-refractivity contribution in [3.63, 3.8) is 0 Å². The van der Waals surface area contributed by atoms with Gasteiger partial charge < -0.3 is 4.98 Å². The molecule has 0 bridgehead atoms. The highest BCUT2D eigenvalue weighted by molar-refractivity contribution is 6.12. The van der Waals surface area contributed by atoms with E-state index < -0.39 is 0 Å². The highest BCUT2D eigenvalue weighted by atomic mass is 14.7. The predicted molar refractivity (Wildman–Crippen MR) is 86.0 cm³/mol. The molecule has 1 nitrogen and oxygen atoms in total. The van der Waals surface area contributed by atoms with Crippen LogP contribution in [0.4, 0.5) is 0 Å². The second-order valence-electron chi connectivity index (χ2n) is 5.28. The molecule has 0 saturated carbocycles. The van der Waals surface area contributed by atoms with Gasteiger partial charge in [-0.05, 0) is 46.2 Å². The van der Waals surface area contributed by atoms with Crippen molar-refractivity contribution < 1.29 is 0 Å². The lowest BCUT2D eigenvalue weighted by Gasteiger charge is -2.10. The molecule has 0 spiro atoms. The van der Waals surface area contributed by atoms with Crippen molar-refractivity contribution in [2.45, 2.75) is 6.92 Å². The fraction of sp³-hybridized carbons (Fsp3) is 0.0526. The van der Waals surface area contributed by atoms with E-state index in [-0.39, 0.29) is 0 Å². The Balaban J connectivity index is 2.23. The van der Waals surface area contributed by atoms with Crippen LogP contribution in [-0.2, 0) is 0 Å². The first-order valence-corrected chi connectivity index (χ1v) is 6.89. The number of hydrogen-bond acceptors (Lipinski definition) is 0. The number of aryl methyl sites for hydroxylation is 1. The number of aromatic nitrogens is 1. The molecular weight excluding hydrogens is 242 g/mol. The molecule has 3 aromatic carbocycles. The number of fused-ring (bicyclic) bond motifs is 2. The average Bonchev–Trinajstić information content (AvgIpc) is 2.91. The largest absolute Gasteiger partial charge is 0.361 e. The maximum atomic E-state index is 3.41. The lowest BCUT2D eigenvalue weighted by molar-refractivity contribution is 1.39. The SMILES string of the molecule is Cc1c[nH]c(-c2c3ccccc3cc3ccccc23)c1. The van der Waals surface area contributed by atoms with E-state index in [0.29, 0.717) is 0 Å². The maximum absolute atomic E-state index is 3.41. The van der Waals surface area contributed by atoms with Crippen molar-refractivity contribution in [2.75, 3.05) is 0 Å². The molecule has 0 aliphatic carbocycles. The molecule has 0 unspecified atom stereocenters. The standard InChI is InChI=1S/C19H15N/c1-13-10-18(20-12-13)19-16-8-4-2-6-14(16)11-15-7-3-5-9-17(15)19/h2-12,20H,1H3. The van der Waals surface area contributed by atoms with Crippen molar-refractivity contribution in [1.82, 2.24) is 4.98 Å². The first-order chi connectivity index (χ1) is 9.83. The third-order valence-corrected chi connectivity index (χ3v) is 3.87. The summed E-state index contributed by atoms with van der Waals surface area (Å²) in [6.45, 7) is 2.12. The van der Waals surface area contributed by atoms with Crippen LogP contribution in [0.5, 0.6) is 0 Å². The fourth-order valence-electron chi connectivity index (χ4n) is 2.95. The molecular formula is C19H15N. The van der Waals surface area contributed by atoms with Crippen LogP contribution in [0, 0.1) is 6.92 Å². The Kier molecular flexibility index (Phi) is 2.40. The molecule has 0 aliphatic heterocycles. The van der Waals surface area contributed by atoms with Gasteiger partial charge in [0.05, 0.1) is 0 Å². The topological polar surface area (TPSA) is 15.8 Å². The van der Waals surface area contributed by atoms with Crippen molar-refractivity contribution in [1.29, 1.82) is 0 Å². The summed E-state index contributed by atoms with van der Waals surface area (Å²) in [5.41, 5.74) is 3.75. The second-order valence-corrected chi connectivity index (χ2v) is 5.28. The van der Waals surface area contributed by atoms with Gasteiger partial charge in [-0.2, -0.15) is 0 Å². The normalized spacial score (nSPS) is 11.2. The molecule has 20 heavy (non-hydrogen) atoms. The van der Waals surface area contributed by atoms with E-state index in [4.69, 9.17) is 0 Å². The zero-order chi connectivity index (χ0) is 13.5. The number of H-pyrrole nitrogens is 1. The molecule has 1 heteroatoms. The Morgan fingerprint density at radius 1 is 0.750 bits per heavy atom. The number of hydrogen-bond donors (Lipinski definition) is 1. The minimum atomic E-state index is 1.19. The first kappa shape index (κ1) is 11.3. The first-order valence-electron chi connectivity index (χ1n) is 6.89. The van der Waals surface area contributed by atoms with Gasteiger partial charge in [0.2, 0.25) is 0 Å². The van der Waals surface area contributed by atoms with Gasteiger partial charge in [0.25, 0.3) is 0 Å². The molecule has 0 radical (unpaired) electrons. The van der Waals surface area contributed by atoms with Crippen LogP contribution in [0.1, 0.15) is 5.56 Å². The Hall–Kier alpha value is -2.54. The number of rotatable bonds is 1. The predicted octanol–water partition coefficient (Wildman–Crippen LogP) is 5.30. The quantitative estimate of drug-likeness (QED) is 0.445. The highest BCUT2D eigenvalue weighted by Gasteiger charge is 2.10. The van der Waals surface area contributed by atoms with Crippen molar-refractivity contribution in [3.05, 3.63) is 72.4 Å². The van der Waals surface area contributed by atoms with Crippen molar-refractivity contribution >= 4 is 21.5 Å². The third kappa shape index (κ3) is 1.64. The number of aromatic amines is 1. The van der Waals surface area contributed by atoms with Gasteiger partial charge in [-0.25, -0.2) is 0 Å². The molecule has 0 atom stereocenters. The Bertz CT molecular complexity index is 861. The van der Waals surface area contributed by atoms with Crippen LogP contribution < -0.4 is 0 Å². The Morgan fingerprint density at radius 2 is 1.35 bits per heavy atom. The van der Waals surface area contributed by atoms with Crippen LogP contribution in [0.2, 0.25) is 0 Å². The van der Waals surface area contributed by atoms with Crippen LogP contribution >= 0.6 is 0 Å². The van der Waals surface area contributed by atoms with Crippen molar-refractivity contribution in [2.24, 2.45) is 0 Å². The summed E-state index contributed by atoms with van der Waals surface area (Å²) in [5, 5.41) is 5.17. The summed E-state index contributed by atoms with van der Waals surface area (Å²) < 4.78 is 0. The van der Waals surface area contributed by atoms with E-state index in [1.807, 2.05) is 0 Å². The zero-order valence-electron chi connectivity index (χ0n) is 11.4.